The Balaban J connectivity index is 1.70. The number of aromatic nitrogens is 3. The molecule has 0 amide bonds. The fourth-order valence-corrected chi connectivity index (χ4v) is 3.94. The van der Waals surface area contributed by atoms with Gasteiger partial charge < -0.3 is 9.30 Å². The summed E-state index contributed by atoms with van der Waals surface area (Å²) in [5.74, 6) is 2.42. The second kappa shape index (κ2) is 8.14. The van der Waals surface area contributed by atoms with Crippen molar-refractivity contribution in [2.45, 2.75) is 37.8 Å². The van der Waals surface area contributed by atoms with Crippen LogP contribution in [0.2, 0.25) is 5.02 Å². The van der Waals surface area contributed by atoms with Gasteiger partial charge in [0.1, 0.15) is 5.75 Å². The fraction of sp³-hybridized carbons (Fsp3) is 0.300. The number of nitrogens with zero attached hydrogens (tertiary/aromatic N) is 3. The van der Waals surface area contributed by atoms with Crippen molar-refractivity contribution in [2.24, 2.45) is 7.05 Å². The van der Waals surface area contributed by atoms with Gasteiger partial charge in [0, 0.05) is 17.8 Å². The maximum atomic E-state index is 6.23. The lowest BCUT2D eigenvalue weighted by molar-refractivity contribution is 0.210. The lowest BCUT2D eigenvalue weighted by Crippen LogP contribution is -2.10. The summed E-state index contributed by atoms with van der Waals surface area (Å²) in [4.78, 5) is 0. The fourth-order valence-electron chi connectivity index (χ4n) is 2.74. The standard InChI is InChI=1S/C20H22ClN3OS/c1-13-9-10-18(14(2)11-13)25-15(3)19-22-23-20(24(19)4)26-12-16-7-5-6-8-17(16)21/h5-11,15H,12H2,1-4H3. The van der Waals surface area contributed by atoms with Gasteiger partial charge in [0.15, 0.2) is 17.1 Å². The van der Waals surface area contributed by atoms with Crippen LogP contribution < -0.4 is 4.74 Å². The van der Waals surface area contributed by atoms with Gasteiger partial charge in [-0.2, -0.15) is 0 Å². The summed E-state index contributed by atoms with van der Waals surface area (Å²) in [6, 6.07) is 14.0. The van der Waals surface area contributed by atoms with Gasteiger partial charge in [0.05, 0.1) is 0 Å². The second-order valence-corrected chi connectivity index (χ2v) is 7.66. The number of halogens is 1. The van der Waals surface area contributed by atoms with Gasteiger partial charge in [-0.25, -0.2) is 0 Å². The summed E-state index contributed by atoms with van der Waals surface area (Å²) in [6.07, 6.45) is -0.191. The largest absolute Gasteiger partial charge is 0.482 e. The number of ether oxygens (including phenoxy) is 1. The lowest BCUT2D eigenvalue weighted by atomic mass is 10.1. The van der Waals surface area contributed by atoms with Crippen molar-refractivity contribution in [1.29, 1.82) is 0 Å². The van der Waals surface area contributed by atoms with Gasteiger partial charge in [0.2, 0.25) is 0 Å². The van der Waals surface area contributed by atoms with E-state index in [2.05, 4.69) is 36.2 Å². The van der Waals surface area contributed by atoms with Gasteiger partial charge >= 0.3 is 0 Å². The SMILES string of the molecule is Cc1ccc(OC(C)c2nnc(SCc3ccccc3Cl)n2C)c(C)c1. The van der Waals surface area contributed by atoms with Crippen LogP contribution in [0.15, 0.2) is 47.6 Å². The summed E-state index contributed by atoms with van der Waals surface area (Å²) in [5, 5.41) is 10.3. The highest BCUT2D eigenvalue weighted by atomic mass is 35.5. The van der Waals surface area contributed by atoms with E-state index in [0.29, 0.717) is 0 Å². The first-order valence-corrected chi connectivity index (χ1v) is 9.81. The molecule has 2 aromatic carbocycles. The zero-order valence-corrected chi connectivity index (χ0v) is 16.9. The zero-order valence-electron chi connectivity index (χ0n) is 15.4. The Morgan fingerprint density at radius 2 is 1.92 bits per heavy atom. The highest BCUT2D eigenvalue weighted by molar-refractivity contribution is 7.98. The molecule has 3 rings (SSSR count). The molecule has 0 aliphatic carbocycles. The summed E-state index contributed by atoms with van der Waals surface area (Å²) in [5.41, 5.74) is 3.43. The first-order valence-electron chi connectivity index (χ1n) is 8.45. The maximum Gasteiger partial charge on any atom is 0.191 e. The molecular weight excluding hydrogens is 366 g/mol. The molecule has 0 saturated heterocycles. The zero-order chi connectivity index (χ0) is 18.7. The highest BCUT2D eigenvalue weighted by Gasteiger charge is 2.18. The minimum atomic E-state index is -0.191. The van der Waals surface area contributed by atoms with Crippen LogP contribution in [0.4, 0.5) is 0 Å². The first kappa shape index (κ1) is 18.8. The molecule has 1 atom stereocenters. The van der Waals surface area contributed by atoms with Crippen molar-refractivity contribution in [3.63, 3.8) is 0 Å². The van der Waals surface area contributed by atoms with E-state index in [9.17, 15) is 0 Å². The Morgan fingerprint density at radius 3 is 2.65 bits per heavy atom. The Labute approximate surface area is 163 Å². The third-order valence-corrected chi connectivity index (χ3v) is 5.62. The molecule has 26 heavy (non-hydrogen) atoms. The van der Waals surface area contributed by atoms with E-state index in [1.807, 2.05) is 48.9 Å². The smallest absolute Gasteiger partial charge is 0.191 e. The monoisotopic (exact) mass is 387 g/mol. The number of benzene rings is 2. The van der Waals surface area contributed by atoms with Crippen LogP contribution in [0, 0.1) is 13.8 Å². The molecule has 0 aliphatic heterocycles. The first-order chi connectivity index (χ1) is 12.5. The minimum Gasteiger partial charge on any atom is -0.482 e. The Bertz CT molecular complexity index is 910. The highest BCUT2D eigenvalue weighted by Crippen LogP contribution is 2.29. The molecule has 0 bridgehead atoms. The van der Waals surface area contributed by atoms with Gasteiger partial charge in [-0.05, 0) is 44.0 Å². The van der Waals surface area contributed by atoms with Crippen LogP contribution in [-0.4, -0.2) is 14.8 Å². The van der Waals surface area contributed by atoms with E-state index in [-0.39, 0.29) is 6.10 Å². The van der Waals surface area contributed by atoms with Crippen LogP contribution in [0.25, 0.3) is 0 Å². The van der Waals surface area contributed by atoms with Crippen molar-refractivity contribution in [1.82, 2.24) is 14.8 Å². The normalized spacial score (nSPS) is 12.2. The van der Waals surface area contributed by atoms with Crippen LogP contribution in [0.1, 0.15) is 35.5 Å². The van der Waals surface area contributed by atoms with E-state index in [4.69, 9.17) is 16.3 Å². The van der Waals surface area contributed by atoms with Crippen LogP contribution in [0.3, 0.4) is 0 Å². The van der Waals surface area contributed by atoms with Crippen molar-refractivity contribution < 1.29 is 4.74 Å². The van der Waals surface area contributed by atoms with E-state index < -0.39 is 0 Å². The molecule has 1 unspecified atom stereocenters. The topological polar surface area (TPSA) is 39.9 Å². The van der Waals surface area contributed by atoms with E-state index in [1.165, 1.54) is 5.56 Å². The molecule has 0 aliphatic rings. The molecule has 6 heteroatoms. The Morgan fingerprint density at radius 1 is 1.15 bits per heavy atom. The van der Waals surface area contributed by atoms with Crippen molar-refractivity contribution in [2.75, 3.05) is 0 Å². The summed E-state index contributed by atoms with van der Waals surface area (Å²) in [7, 11) is 1.96. The summed E-state index contributed by atoms with van der Waals surface area (Å²) >= 11 is 7.84. The Kier molecular flexibility index (Phi) is 5.89. The quantitative estimate of drug-likeness (QED) is 0.522. The number of hydrogen-bond donors (Lipinski definition) is 0. The van der Waals surface area contributed by atoms with Gasteiger partial charge in [0.25, 0.3) is 0 Å². The molecule has 0 radical (unpaired) electrons. The molecule has 136 valence electrons. The summed E-state index contributed by atoms with van der Waals surface area (Å²) in [6.45, 7) is 6.12. The van der Waals surface area contributed by atoms with Crippen molar-refractivity contribution in [3.05, 3.63) is 70.0 Å². The molecule has 0 N–H and O–H groups in total. The molecule has 1 aromatic heterocycles. The van der Waals surface area contributed by atoms with Gasteiger partial charge in [-0.15, -0.1) is 10.2 Å². The number of aryl methyl sites for hydroxylation is 2. The van der Waals surface area contributed by atoms with Crippen LogP contribution in [0.5, 0.6) is 5.75 Å². The third kappa shape index (κ3) is 4.22. The van der Waals surface area contributed by atoms with Crippen LogP contribution >= 0.6 is 23.4 Å². The predicted octanol–water partition coefficient (Wildman–Crippen LogP) is 5.52. The minimum absolute atomic E-state index is 0.191. The lowest BCUT2D eigenvalue weighted by Gasteiger charge is -2.16. The summed E-state index contributed by atoms with van der Waals surface area (Å²) < 4.78 is 8.09. The molecule has 0 saturated carbocycles. The van der Waals surface area contributed by atoms with E-state index in [1.54, 1.807) is 11.8 Å². The number of rotatable bonds is 6. The maximum absolute atomic E-state index is 6.23. The molecule has 0 spiro atoms. The predicted molar refractivity (Wildman–Crippen MR) is 107 cm³/mol. The average molecular weight is 388 g/mol. The van der Waals surface area contributed by atoms with Gasteiger partial charge in [-0.3, -0.25) is 0 Å². The number of hydrogen-bond acceptors (Lipinski definition) is 4. The molecular formula is C20H22ClN3OS. The molecule has 1 heterocycles. The van der Waals surface area contributed by atoms with Crippen molar-refractivity contribution >= 4 is 23.4 Å². The Hall–Kier alpha value is -1.98. The van der Waals surface area contributed by atoms with E-state index >= 15 is 0 Å². The molecule has 3 aromatic rings. The molecule has 4 nitrogen and oxygen atoms in total. The van der Waals surface area contributed by atoms with Gasteiger partial charge in [-0.1, -0.05) is 59.3 Å². The third-order valence-electron chi connectivity index (χ3n) is 4.18. The molecule has 0 fully saturated rings. The average Bonchev–Trinajstić information content (AvgIpc) is 2.97. The van der Waals surface area contributed by atoms with Crippen LogP contribution in [-0.2, 0) is 12.8 Å². The van der Waals surface area contributed by atoms with Crippen molar-refractivity contribution in [3.8, 4) is 5.75 Å². The van der Waals surface area contributed by atoms with E-state index in [0.717, 1.165) is 38.6 Å². The second-order valence-electron chi connectivity index (χ2n) is 6.31. The number of thioether (sulfide) groups is 1.